The van der Waals surface area contributed by atoms with Gasteiger partial charge in [0.2, 0.25) is 11.8 Å². The summed E-state index contributed by atoms with van der Waals surface area (Å²) in [6.07, 6.45) is -4.86. The number of aromatic nitrogens is 3. The van der Waals surface area contributed by atoms with Crippen molar-refractivity contribution in [2.24, 2.45) is 0 Å². The first kappa shape index (κ1) is 26.8. The number of alkyl halides is 3. The van der Waals surface area contributed by atoms with E-state index in [9.17, 15) is 27.6 Å². The first-order valence-corrected chi connectivity index (χ1v) is 12.8. The Morgan fingerprint density at radius 3 is 2.40 bits per heavy atom. The number of hydrogen-bond acceptors (Lipinski definition) is 6. The number of rotatable bonds is 7. The number of anilines is 2. The van der Waals surface area contributed by atoms with Gasteiger partial charge in [0, 0.05) is 29.2 Å². The SMILES string of the molecule is CC(=O)Nc1cccc(NC(=O)CSc2nc3c([nH]c4ccccc43)c(=O)n2-c2ccc(OC(F)(F)F)cc2)c1. The van der Waals surface area contributed by atoms with Gasteiger partial charge in [0.15, 0.2) is 5.16 Å². The number of amides is 2. The first-order chi connectivity index (χ1) is 19.1. The summed E-state index contributed by atoms with van der Waals surface area (Å²) in [7, 11) is 0. The number of thioether (sulfide) groups is 1. The van der Waals surface area contributed by atoms with Gasteiger partial charge in [-0.25, -0.2) is 4.98 Å². The molecule has 5 rings (SSSR count). The molecule has 3 N–H and O–H groups in total. The molecule has 0 fully saturated rings. The number of nitrogens with zero attached hydrogens (tertiary/aromatic N) is 2. The van der Waals surface area contributed by atoms with Crippen molar-refractivity contribution < 1.29 is 27.5 Å². The molecule has 5 aromatic rings. The third-order valence-corrected chi connectivity index (χ3v) is 6.56. The number of hydrogen-bond donors (Lipinski definition) is 3. The van der Waals surface area contributed by atoms with E-state index in [2.05, 4.69) is 25.3 Å². The summed E-state index contributed by atoms with van der Waals surface area (Å²) in [5.74, 6) is -1.24. The van der Waals surface area contributed by atoms with E-state index in [1.165, 1.54) is 23.6 Å². The molecule has 9 nitrogen and oxygen atoms in total. The molecule has 0 saturated carbocycles. The van der Waals surface area contributed by atoms with Crippen molar-refractivity contribution in [3.8, 4) is 11.4 Å². The second-order valence-electron chi connectivity index (χ2n) is 8.57. The monoisotopic (exact) mass is 567 g/mol. The minimum atomic E-state index is -4.86. The fraction of sp³-hybridized carbons (Fsp3) is 0.111. The topological polar surface area (TPSA) is 118 Å². The average Bonchev–Trinajstić information content (AvgIpc) is 3.26. The molecule has 2 amide bonds. The molecule has 2 aromatic heterocycles. The van der Waals surface area contributed by atoms with Gasteiger partial charge >= 0.3 is 6.36 Å². The van der Waals surface area contributed by atoms with Gasteiger partial charge in [0.25, 0.3) is 5.56 Å². The predicted molar refractivity (Wildman–Crippen MR) is 146 cm³/mol. The summed E-state index contributed by atoms with van der Waals surface area (Å²) in [4.78, 5) is 45.5. The smallest absolute Gasteiger partial charge is 0.406 e. The Morgan fingerprint density at radius 1 is 1.00 bits per heavy atom. The highest BCUT2D eigenvalue weighted by Crippen LogP contribution is 2.28. The third kappa shape index (κ3) is 5.94. The molecule has 3 aromatic carbocycles. The summed E-state index contributed by atoms with van der Waals surface area (Å²) in [6.45, 7) is 1.37. The molecule has 0 aliphatic rings. The summed E-state index contributed by atoms with van der Waals surface area (Å²) >= 11 is 0.984. The van der Waals surface area contributed by atoms with Crippen molar-refractivity contribution in [3.05, 3.63) is 83.2 Å². The van der Waals surface area contributed by atoms with E-state index in [1.54, 1.807) is 48.5 Å². The lowest BCUT2D eigenvalue weighted by atomic mass is 10.2. The molecule has 0 spiro atoms. The van der Waals surface area contributed by atoms with E-state index in [-0.39, 0.29) is 28.0 Å². The number of benzene rings is 3. The van der Waals surface area contributed by atoms with Gasteiger partial charge in [-0.05, 0) is 48.5 Å². The molecule has 0 radical (unpaired) electrons. The van der Waals surface area contributed by atoms with Crippen LogP contribution in [0.25, 0.3) is 27.6 Å². The lowest BCUT2D eigenvalue weighted by Gasteiger charge is -2.14. The Labute approximate surface area is 228 Å². The molecule has 13 heteroatoms. The number of aromatic amines is 1. The van der Waals surface area contributed by atoms with Crippen LogP contribution in [0.2, 0.25) is 0 Å². The van der Waals surface area contributed by atoms with Crippen molar-refractivity contribution >= 4 is 56.9 Å². The van der Waals surface area contributed by atoms with Crippen molar-refractivity contribution in [1.29, 1.82) is 0 Å². The molecule has 0 saturated heterocycles. The number of fused-ring (bicyclic) bond motifs is 3. The Morgan fingerprint density at radius 2 is 1.70 bits per heavy atom. The summed E-state index contributed by atoms with van der Waals surface area (Å²) in [6, 6.07) is 18.6. The number of para-hydroxylation sites is 1. The number of nitrogens with one attached hydrogen (secondary N) is 3. The summed E-state index contributed by atoms with van der Waals surface area (Å²) in [5, 5.41) is 6.24. The fourth-order valence-corrected chi connectivity index (χ4v) is 4.87. The van der Waals surface area contributed by atoms with Crippen molar-refractivity contribution in [1.82, 2.24) is 14.5 Å². The normalized spacial score (nSPS) is 11.5. The minimum Gasteiger partial charge on any atom is -0.406 e. The largest absolute Gasteiger partial charge is 0.573 e. The summed E-state index contributed by atoms with van der Waals surface area (Å²) in [5.41, 5.74) is 2.00. The maximum absolute atomic E-state index is 13.6. The standard InChI is InChI=1S/C27H20F3N5O4S/c1-15(36)31-16-5-4-6-17(13-16)32-22(37)14-40-26-34-23-20-7-2-3-8-21(20)33-24(23)25(38)35(26)18-9-11-19(12-10-18)39-27(28,29)30/h2-13,33H,14H2,1H3,(H,31,36)(H,32,37). The van der Waals surface area contributed by atoms with E-state index in [0.29, 0.717) is 27.8 Å². The van der Waals surface area contributed by atoms with Crippen molar-refractivity contribution in [2.45, 2.75) is 18.4 Å². The van der Waals surface area contributed by atoms with E-state index < -0.39 is 23.6 Å². The van der Waals surface area contributed by atoms with Crippen LogP contribution in [0.1, 0.15) is 6.92 Å². The zero-order valence-electron chi connectivity index (χ0n) is 20.7. The highest BCUT2D eigenvalue weighted by atomic mass is 32.2. The lowest BCUT2D eigenvalue weighted by molar-refractivity contribution is -0.274. The van der Waals surface area contributed by atoms with Crippen LogP contribution in [0.15, 0.2) is 82.7 Å². The Bertz CT molecular complexity index is 1800. The van der Waals surface area contributed by atoms with Gasteiger partial charge in [0.1, 0.15) is 16.8 Å². The van der Waals surface area contributed by atoms with Crippen molar-refractivity contribution in [2.75, 3.05) is 16.4 Å². The highest BCUT2D eigenvalue weighted by molar-refractivity contribution is 7.99. The van der Waals surface area contributed by atoms with Gasteiger partial charge < -0.3 is 20.4 Å². The second-order valence-corrected chi connectivity index (χ2v) is 9.51. The molecule has 2 heterocycles. The van der Waals surface area contributed by atoms with Crippen LogP contribution >= 0.6 is 11.8 Å². The third-order valence-electron chi connectivity index (χ3n) is 5.62. The van der Waals surface area contributed by atoms with Crippen LogP contribution in [0.5, 0.6) is 5.75 Å². The Hall–Kier alpha value is -4.78. The number of carbonyl (C=O) groups excluding carboxylic acids is 2. The maximum Gasteiger partial charge on any atom is 0.573 e. The minimum absolute atomic E-state index is 0.139. The predicted octanol–water partition coefficient (Wildman–Crippen LogP) is 5.45. The number of H-pyrrole nitrogens is 1. The molecule has 0 unspecified atom stereocenters. The zero-order valence-corrected chi connectivity index (χ0v) is 21.5. The van der Waals surface area contributed by atoms with Gasteiger partial charge in [-0.15, -0.1) is 13.2 Å². The molecule has 0 aliphatic heterocycles. The quantitative estimate of drug-likeness (QED) is 0.178. The fourth-order valence-electron chi connectivity index (χ4n) is 4.07. The molecular weight excluding hydrogens is 547 g/mol. The van der Waals surface area contributed by atoms with Crippen LogP contribution in [-0.4, -0.2) is 38.5 Å². The molecule has 0 aliphatic carbocycles. The van der Waals surface area contributed by atoms with Crippen LogP contribution in [-0.2, 0) is 9.59 Å². The van der Waals surface area contributed by atoms with E-state index >= 15 is 0 Å². The summed E-state index contributed by atoms with van der Waals surface area (Å²) < 4.78 is 43.0. The van der Waals surface area contributed by atoms with E-state index in [0.717, 1.165) is 23.9 Å². The number of carbonyl (C=O) groups is 2. The molecule has 0 atom stereocenters. The maximum atomic E-state index is 13.6. The number of halogens is 3. The van der Waals surface area contributed by atoms with Crippen LogP contribution < -0.4 is 20.9 Å². The van der Waals surface area contributed by atoms with E-state index in [4.69, 9.17) is 0 Å². The molecule has 0 bridgehead atoms. The van der Waals surface area contributed by atoms with Crippen LogP contribution in [0.3, 0.4) is 0 Å². The highest BCUT2D eigenvalue weighted by Gasteiger charge is 2.31. The molecular formula is C27H20F3N5O4S. The first-order valence-electron chi connectivity index (χ1n) is 11.8. The van der Waals surface area contributed by atoms with E-state index in [1.807, 2.05) is 0 Å². The Kier molecular flexibility index (Phi) is 7.22. The second kappa shape index (κ2) is 10.8. The zero-order chi connectivity index (χ0) is 28.4. The Balaban J connectivity index is 1.48. The van der Waals surface area contributed by atoms with Gasteiger partial charge in [0.05, 0.1) is 11.4 Å². The molecule has 204 valence electrons. The van der Waals surface area contributed by atoms with Gasteiger partial charge in [-0.1, -0.05) is 36.0 Å². The number of ether oxygens (including phenoxy) is 1. The van der Waals surface area contributed by atoms with Gasteiger partial charge in [-0.2, -0.15) is 0 Å². The lowest BCUT2D eigenvalue weighted by Crippen LogP contribution is -2.23. The molecule has 40 heavy (non-hydrogen) atoms. The van der Waals surface area contributed by atoms with Crippen molar-refractivity contribution in [3.63, 3.8) is 0 Å². The van der Waals surface area contributed by atoms with Gasteiger partial charge in [-0.3, -0.25) is 19.0 Å². The van der Waals surface area contributed by atoms with Crippen LogP contribution in [0, 0.1) is 0 Å². The average molecular weight is 568 g/mol. The van der Waals surface area contributed by atoms with Crippen LogP contribution in [0.4, 0.5) is 24.5 Å².